The maximum absolute atomic E-state index is 10.3. The molecule has 0 aromatic carbocycles. The fourth-order valence-electron chi connectivity index (χ4n) is 0.892. The lowest BCUT2D eigenvalue weighted by Crippen LogP contribution is -2.14. The Kier molecular flexibility index (Phi) is 1.76. The van der Waals surface area contributed by atoms with E-state index in [1.54, 1.807) is 6.07 Å². The van der Waals surface area contributed by atoms with Crippen LogP contribution in [0.4, 0.5) is 0 Å². The number of aldehydes is 1. The molecule has 0 radical (unpaired) electrons. The van der Waals surface area contributed by atoms with Gasteiger partial charge in [0.2, 0.25) is 0 Å². The molecule has 0 amide bonds. The van der Waals surface area contributed by atoms with E-state index in [0.29, 0.717) is 5.69 Å². The van der Waals surface area contributed by atoms with Gasteiger partial charge in [-0.3, -0.25) is 9.47 Å². The first-order chi connectivity index (χ1) is 4.79. The molecule has 0 bridgehead atoms. The molecule has 0 unspecified atom stereocenters. The molecule has 3 nitrogen and oxygen atoms in total. The normalized spacial score (nSPS) is 9.70. The van der Waals surface area contributed by atoms with Crippen LogP contribution in [0, 0.1) is 0 Å². The third-order valence-corrected chi connectivity index (χ3v) is 1.52. The van der Waals surface area contributed by atoms with Gasteiger partial charge in [0.1, 0.15) is 5.69 Å². The number of carbonyl (C=O) groups excluding carboxylic acids is 1. The zero-order chi connectivity index (χ0) is 7.56. The van der Waals surface area contributed by atoms with Crippen molar-refractivity contribution in [2.24, 2.45) is 0 Å². The third kappa shape index (κ3) is 0.900. The average molecular weight is 138 g/mol. The Balaban J connectivity index is 3.08. The topological polar surface area (TPSA) is 48.0 Å². The van der Waals surface area contributed by atoms with Crippen LogP contribution in [0.15, 0.2) is 12.1 Å². The number of aryl methyl sites for hydroxylation is 1. The molecule has 0 saturated carbocycles. The Morgan fingerprint density at radius 2 is 2.40 bits per heavy atom. The molecule has 1 aromatic heterocycles. The summed E-state index contributed by atoms with van der Waals surface area (Å²) in [4.78, 5) is 10.3. The van der Waals surface area contributed by atoms with Gasteiger partial charge < -0.3 is 5.84 Å². The highest BCUT2D eigenvalue weighted by Crippen LogP contribution is 2.02. The van der Waals surface area contributed by atoms with Crippen molar-refractivity contribution in [2.45, 2.75) is 13.3 Å². The monoisotopic (exact) mass is 138 g/mol. The number of hydrogen-bond donors (Lipinski definition) is 1. The summed E-state index contributed by atoms with van der Waals surface area (Å²) in [6, 6.07) is 3.57. The molecule has 0 aliphatic heterocycles. The van der Waals surface area contributed by atoms with Gasteiger partial charge in [-0.2, -0.15) is 0 Å². The first-order valence-electron chi connectivity index (χ1n) is 3.20. The van der Waals surface area contributed by atoms with Crippen LogP contribution in [0.2, 0.25) is 0 Å². The smallest absolute Gasteiger partial charge is 0.168 e. The van der Waals surface area contributed by atoms with E-state index in [0.717, 1.165) is 18.4 Å². The summed E-state index contributed by atoms with van der Waals surface area (Å²) in [5.74, 6) is 5.51. The first-order valence-corrected chi connectivity index (χ1v) is 3.20. The van der Waals surface area contributed by atoms with E-state index >= 15 is 0 Å². The van der Waals surface area contributed by atoms with E-state index in [1.165, 1.54) is 4.68 Å². The van der Waals surface area contributed by atoms with Gasteiger partial charge in [-0.1, -0.05) is 6.92 Å². The minimum atomic E-state index is 0.525. The summed E-state index contributed by atoms with van der Waals surface area (Å²) in [7, 11) is 0. The predicted octanol–water partition coefficient (Wildman–Crippen LogP) is 0.577. The van der Waals surface area contributed by atoms with Gasteiger partial charge in [-0.05, 0) is 18.6 Å². The molecule has 1 heterocycles. The molecule has 3 heteroatoms. The Labute approximate surface area is 59.4 Å². The van der Waals surface area contributed by atoms with E-state index in [1.807, 2.05) is 13.0 Å². The number of carbonyl (C=O) groups is 1. The highest BCUT2D eigenvalue weighted by atomic mass is 16.1. The Morgan fingerprint density at radius 1 is 1.70 bits per heavy atom. The van der Waals surface area contributed by atoms with E-state index in [9.17, 15) is 4.79 Å². The van der Waals surface area contributed by atoms with E-state index < -0.39 is 0 Å². The van der Waals surface area contributed by atoms with Crippen LogP contribution in [0.25, 0.3) is 0 Å². The molecular formula is C7H10N2O. The zero-order valence-corrected chi connectivity index (χ0v) is 5.87. The van der Waals surface area contributed by atoms with Crippen molar-refractivity contribution in [3.05, 3.63) is 23.5 Å². The summed E-state index contributed by atoms with van der Waals surface area (Å²) >= 11 is 0. The highest BCUT2D eigenvalue weighted by Gasteiger charge is 2.00. The summed E-state index contributed by atoms with van der Waals surface area (Å²) < 4.78 is 1.41. The molecule has 0 aliphatic carbocycles. The minimum Gasteiger partial charge on any atom is -0.339 e. The number of hydrogen-bond acceptors (Lipinski definition) is 2. The number of nitrogens with two attached hydrogens (primary N) is 1. The van der Waals surface area contributed by atoms with Gasteiger partial charge in [0.05, 0.1) is 0 Å². The second-order valence-electron chi connectivity index (χ2n) is 2.09. The lowest BCUT2D eigenvalue weighted by molar-refractivity contribution is 0.111. The number of nitrogen functional groups attached to an aromatic ring is 1. The van der Waals surface area contributed by atoms with Crippen LogP contribution in [-0.4, -0.2) is 11.0 Å². The minimum absolute atomic E-state index is 0.525. The third-order valence-electron chi connectivity index (χ3n) is 1.52. The molecule has 54 valence electrons. The fourth-order valence-corrected chi connectivity index (χ4v) is 0.892. The van der Waals surface area contributed by atoms with Crippen LogP contribution < -0.4 is 5.84 Å². The van der Waals surface area contributed by atoms with Gasteiger partial charge >= 0.3 is 0 Å². The van der Waals surface area contributed by atoms with Gasteiger partial charge in [0.25, 0.3) is 0 Å². The molecular weight excluding hydrogens is 128 g/mol. The van der Waals surface area contributed by atoms with Crippen molar-refractivity contribution in [1.29, 1.82) is 0 Å². The Bertz CT molecular complexity index is 240. The summed E-state index contributed by atoms with van der Waals surface area (Å²) in [6.45, 7) is 1.99. The molecule has 0 saturated heterocycles. The van der Waals surface area contributed by atoms with Crippen molar-refractivity contribution in [1.82, 2.24) is 4.68 Å². The van der Waals surface area contributed by atoms with Crippen LogP contribution in [-0.2, 0) is 6.42 Å². The first kappa shape index (κ1) is 6.86. The average Bonchev–Trinajstić information content (AvgIpc) is 2.30. The summed E-state index contributed by atoms with van der Waals surface area (Å²) in [5.41, 5.74) is 1.50. The standard InChI is InChI=1S/C7H10N2O/c1-2-6-3-4-7(5-10)9(6)8/h3-5H,2,8H2,1H3. The summed E-state index contributed by atoms with van der Waals surface area (Å²) in [5, 5.41) is 0. The SMILES string of the molecule is CCc1ccc(C=O)n1N. The van der Waals surface area contributed by atoms with Crippen LogP contribution >= 0.6 is 0 Å². The van der Waals surface area contributed by atoms with Crippen molar-refractivity contribution in [2.75, 3.05) is 5.84 Å². The van der Waals surface area contributed by atoms with Gasteiger partial charge in [-0.15, -0.1) is 0 Å². The van der Waals surface area contributed by atoms with Crippen molar-refractivity contribution in [3.63, 3.8) is 0 Å². The Hall–Kier alpha value is -1.25. The maximum atomic E-state index is 10.3. The van der Waals surface area contributed by atoms with E-state index in [4.69, 9.17) is 5.84 Å². The van der Waals surface area contributed by atoms with E-state index in [-0.39, 0.29) is 0 Å². The second-order valence-corrected chi connectivity index (χ2v) is 2.09. The molecule has 0 atom stereocenters. The van der Waals surface area contributed by atoms with E-state index in [2.05, 4.69) is 0 Å². The fraction of sp³-hybridized carbons (Fsp3) is 0.286. The highest BCUT2D eigenvalue weighted by molar-refractivity contribution is 5.72. The van der Waals surface area contributed by atoms with Crippen molar-refractivity contribution >= 4 is 6.29 Å². The lowest BCUT2D eigenvalue weighted by Gasteiger charge is -1.99. The second kappa shape index (κ2) is 2.56. The largest absolute Gasteiger partial charge is 0.339 e. The quantitative estimate of drug-likeness (QED) is 0.480. The predicted molar refractivity (Wildman–Crippen MR) is 39.3 cm³/mol. The Morgan fingerprint density at radius 3 is 2.70 bits per heavy atom. The van der Waals surface area contributed by atoms with Crippen LogP contribution in [0.5, 0.6) is 0 Å². The van der Waals surface area contributed by atoms with Crippen molar-refractivity contribution in [3.8, 4) is 0 Å². The van der Waals surface area contributed by atoms with Gasteiger partial charge in [0.15, 0.2) is 6.29 Å². The molecule has 1 rings (SSSR count). The number of nitrogens with zero attached hydrogens (tertiary/aromatic N) is 1. The van der Waals surface area contributed by atoms with Crippen LogP contribution in [0.1, 0.15) is 23.1 Å². The number of aromatic nitrogens is 1. The molecule has 1 aromatic rings. The summed E-state index contributed by atoms with van der Waals surface area (Å²) in [6.07, 6.45) is 1.60. The van der Waals surface area contributed by atoms with Crippen molar-refractivity contribution < 1.29 is 4.79 Å². The molecule has 0 fully saturated rings. The number of rotatable bonds is 2. The zero-order valence-electron chi connectivity index (χ0n) is 5.87. The molecule has 10 heavy (non-hydrogen) atoms. The van der Waals surface area contributed by atoms with Gasteiger partial charge in [0, 0.05) is 5.69 Å². The maximum Gasteiger partial charge on any atom is 0.168 e. The molecule has 0 aliphatic rings. The molecule has 0 spiro atoms. The molecule has 2 N–H and O–H groups in total. The van der Waals surface area contributed by atoms with Gasteiger partial charge in [-0.25, -0.2) is 0 Å². The lowest BCUT2D eigenvalue weighted by atomic mass is 10.3. The van der Waals surface area contributed by atoms with Crippen LogP contribution in [0.3, 0.4) is 0 Å².